The molecule has 1 aromatic heterocycles. The standard InChI is InChI=1S/C20H28N2O4.CH2O2/c1-14-7-18(26-21-14)9-16-11-22(12-20(16)25-4)10-15-5-6-19(24-3)17(8-15)13-23-2;2-1-3/h5-8,16,20H,9-13H2,1-4H3;1H,(H,2,3)/t16-,20+;/m1./s1. The van der Waals surface area contributed by atoms with E-state index in [1.54, 1.807) is 21.3 Å². The van der Waals surface area contributed by atoms with Crippen LogP contribution in [0.25, 0.3) is 0 Å². The largest absolute Gasteiger partial charge is 0.496 e. The van der Waals surface area contributed by atoms with Gasteiger partial charge in [-0.15, -0.1) is 0 Å². The number of methoxy groups -OCH3 is 3. The molecule has 0 unspecified atom stereocenters. The Bertz CT molecular complexity index is 763. The fourth-order valence-electron chi connectivity index (χ4n) is 3.75. The van der Waals surface area contributed by atoms with E-state index in [-0.39, 0.29) is 12.6 Å². The molecule has 0 spiro atoms. The van der Waals surface area contributed by atoms with Crippen molar-refractivity contribution in [3.63, 3.8) is 0 Å². The minimum absolute atomic E-state index is 0.206. The van der Waals surface area contributed by atoms with E-state index in [0.717, 1.165) is 48.8 Å². The summed E-state index contributed by atoms with van der Waals surface area (Å²) in [6, 6.07) is 8.31. The van der Waals surface area contributed by atoms with Crippen molar-refractivity contribution in [3.05, 3.63) is 46.8 Å². The maximum Gasteiger partial charge on any atom is 0.290 e. The smallest absolute Gasteiger partial charge is 0.290 e. The van der Waals surface area contributed by atoms with Gasteiger partial charge in [0, 0.05) is 57.8 Å². The lowest BCUT2D eigenvalue weighted by Gasteiger charge is -2.17. The molecule has 1 aromatic carbocycles. The quantitative estimate of drug-likeness (QED) is 0.669. The van der Waals surface area contributed by atoms with Crippen LogP contribution in [0.2, 0.25) is 0 Å². The summed E-state index contributed by atoms with van der Waals surface area (Å²) in [5.74, 6) is 2.21. The third-order valence-corrected chi connectivity index (χ3v) is 4.95. The van der Waals surface area contributed by atoms with E-state index in [1.165, 1.54) is 5.56 Å². The first-order chi connectivity index (χ1) is 14.0. The molecule has 2 aromatic rings. The maximum absolute atomic E-state index is 8.36. The van der Waals surface area contributed by atoms with Gasteiger partial charge >= 0.3 is 0 Å². The highest BCUT2D eigenvalue weighted by molar-refractivity contribution is 5.37. The number of carboxylic acid groups (broad SMARTS) is 1. The number of aryl methyl sites for hydroxylation is 1. The predicted octanol–water partition coefficient (Wildman–Crippen LogP) is 2.53. The van der Waals surface area contributed by atoms with Gasteiger partial charge < -0.3 is 23.8 Å². The lowest BCUT2D eigenvalue weighted by atomic mass is 10.0. The minimum atomic E-state index is -0.250. The van der Waals surface area contributed by atoms with E-state index in [4.69, 9.17) is 28.6 Å². The normalized spacial score (nSPS) is 18.9. The van der Waals surface area contributed by atoms with Gasteiger partial charge in [0.1, 0.15) is 11.5 Å². The van der Waals surface area contributed by atoms with E-state index in [1.807, 2.05) is 19.1 Å². The van der Waals surface area contributed by atoms with Crippen LogP contribution in [0.1, 0.15) is 22.6 Å². The van der Waals surface area contributed by atoms with Gasteiger partial charge in [0.2, 0.25) is 0 Å². The van der Waals surface area contributed by atoms with Crippen LogP contribution in [-0.4, -0.2) is 62.2 Å². The summed E-state index contributed by atoms with van der Waals surface area (Å²) in [4.78, 5) is 10.8. The van der Waals surface area contributed by atoms with Crippen LogP contribution < -0.4 is 4.74 Å². The average Bonchev–Trinajstić information content (AvgIpc) is 3.28. The molecule has 29 heavy (non-hydrogen) atoms. The van der Waals surface area contributed by atoms with Gasteiger partial charge in [-0.25, -0.2) is 0 Å². The van der Waals surface area contributed by atoms with Gasteiger partial charge in [0.05, 0.1) is 25.5 Å². The second-order valence-corrected chi connectivity index (χ2v) is 7.05. The van der Waals surface area contributed by atoms with Gasteiger partial charge in [0.25, 0.3) is 6.47 Å². The molecule has 0 amide bonds. The molecule has 2 atom stereocenters. The van der Waals surface area contributed by atoms with Crippen LogP contribution in [-0.2, 0) is 33.8 Å². The molecule has 2 heterocycles. The third-order valence-electron chi connectivity index (χ3n) is 4.95. The molecule has 0 aliphatic carbocycles. The van der Waals surface area contributed by atoms with Gasteiger partial charge in [0.15, 0.2) is 0 Å². The number of rotatable bonds is 8. The van der Waals surface area contributed by atoms with Crippen molar-refractivity contribution in [1.29, 1.82) is 0 Å². The Balaban J connectivity index is 0.000000941. The van der Waals surface area contributed by atoms with Gasteiger partial charge in [-0.3, -0.25) is 9.69 Å². The topological polar surface area (TPSA) is 94.3 Å². The van der Waals surface area contributed by atoms with Crippen LogP contribution in [0, 0.1) is 12.8 Å². The summed E-state index contributed by atoms with van der Waals surface area (Å²) in [5, 5.41) is 10.9. The Morgan fingerprint density at radius 2 is 2.03 bits per heavy atom. The predicted molar refractivity (Wildman–Crippen MR) is 107 cm³/mol. The first-order valence-electron chi connectivity index (χ1n) is 9.44. The molecule has 0 radical (unpaired) electrons. The fourth-order valence-corrected chi connectivity index (χ4v) is 3.75. The first-order valence-corrected chi connectivity index (χ1v) is 9.44. The molecule has 160 valence electrons. The number of carbonyl (C=O) groups is 1. The van der Waals surface area contributed by atoms with Gasteiger partial charge in [-0.2, -0.15) is 0 Å². The molecule has 1 aliphatic rings. The Hall–Kier alpha value is -2.42. The molecule has 1 aliphatic heterocycles. The molecule has 0 saturated carbocycles. The van der Waals surface area contributed by atoms with Crippen LogP contribution in [0.4, 0.5) is 0 Å². The van der Waals surface area contributed by atoms with Crippen molar-refractivity contribution in [2.45, 2.75) is 32.6 Å². The Labute approximate surface area is 171 Å². The summed E-state index contributed by atoms with van der Waals surface area (Å²) in [6.07, 6.45) is 1.06. The molecule has 0 bridgehead atoms. The van der Waals surface area contributed by atoms with Crippen molar-refractivity contribution in [2.24, 2.45) is 5.92 Å². The van der Waals surface area contributed by atoms with Crippen LogP contribution in [0.5, 0.6) is 5.75 Å². The number of aromatic nitrogens is 1. The van der Waals surface area contributed by atoms with Crippen LogP contribution in [0.3, 0.4) is 0 Å². The van der Waals surface area contributed by atoms with Crippen molar-refractivity contribution in [2.75, 3.05) is 34.4 Å². The third kappa shape index (κ3) is 6.56. The molecule has 8 nitrogen and oxygen atoms in total. The van der Waals surface area contributed by atoms with Crippen molar-refractivity contribution < 1.29 is 28.6 Å². The second kappa shape index (κ2) is 11.5. The SMILES string of the molecule is COCc1cc(CN2C[C@@H](Cc3cc(C)no3)[C@@H](OC)C2)ccc1OC.O=CO. The average molecular weight is 406 g/mol. The van der Waals surface area contributed by atoms with Gasteiger partial charge in [-0.1, -0.05) is 11.2 Å². The molecular weight excluding hydrogens is 376 g/mol. The summed E-state index contributed by atoms with van der Waals surface area (Å²) < 4.78 is 21.8. The summed E-state index contributed by atoms with van der Waals surface area (Å²) in [7, 11) is 5.18. The Kier molecular flexibility index (Phi) is 9.11. The molecule has 3 rings (SSSR count). The lowest BCUT2D eigenvalue weighted by Crippen LogP contribution is -2.23. The van der Waals surface area contributed by atoms with E-state index >= 15 is 0 Å². The summed E-state index contributed by atoms with van der Waals surface area (Å²) >= 11 is 0. The Morgan fingerprint density at radius 3 is 2.62 bits per heavy atom. The van der Waals surface area contributed by atoms with E-state index in [0.29, 0.717) is 12.5 Å². The maximum atomic E-state index is 8.36. The van der Waals surface area contributed by atoms with Crippen LogP contribution in [0.15, 0.2) is 28.8 Å². The fraction of sp³-hybridized carbons (Fsp3) is 0.524. The van der Waals surface area contributed by atoms with E-state index in [2.05, 4.69) is 22.2 Å². The highest BCUT2D eigenvalue weighted by Crippen LogP contribution is 2.27. The first kappa shape index (κ1) is 22.9. The zero-order valence-corrected chi connectivity index (χ0v) is 17.5. The zero-order chi connectivity index (χ0) is 21.2. The number of benzene rings is 1. The monoisotopic (exact) mass is 406 g/mol. The van der Waals surface area contributed by atoms with Crippen molar-refractivity contribution in [3.8, 4) is 5.75 Å². The zero-order valence-electron chi connectivity index (χ0n) is 17.5. The number of hydrogen-bond donors (Lipinski definition) is 1. The molecule has 8 heteroatoms. The lowest BCUT2D eigenvalue weighted by molar-refractivity contribution is -0.122. The summed E-state index contributed by atoms with van der Waals surface area (Å²) in [5.41, 5.74) is 3.25. The Morgan fingerprint density at radius 1 is 1.28 bits per heavy atom. The highest BCUT2D eigenvalue weighted by Gasteiger charge is 2.33. The second-order valence-electron chi connectivity index (χ2n) is 7.05. The number of hydrogen-bond acceptors (Lipinski definition) is 7. The van der Waals surface area contributed by atoms with Crippen LogP contribution >= 0.6 is 0 Å². The molecular formula is C21H30N2O6. The molecule has 1 fully saturated rings. The van der Waals surface area contributed by atoms with Crippen molar-refractivity contribution in [1.82, 2.24) is 10.1 Å². The molecule has 1 saturated heterocycles. The van der Waals surface area contributed by atoms with E-state index < -0.39 is 0 Å². The highest BCUT2D eigenvalue weighted by atomic mass is 16.5. The number of nitrogens with zero attached hydrogens (tertiary/aromatic N) is 2. The van der Waals surface area contributed by atoms with E-state index in [9.17, 15) is 0 Å². The minimum Gasteiger partial charge on any atom is -0.496 e. The van der Waals surface area contributed by atoms with Crippen molar-refractivity contribution >= 4 is 6.47 Å². The number of likely N-dealkylation sites (tertiary alicyclic amines) is 1. The summed E-state index contributed by atoms with van der Waals surface area (Å²) in [6.45, 7) is 5.02. The molecule has 1 N–H and O–H groups in total. The number of ether oxygens (including phenoxy) is 3. The van der Waals surface area contributed by atoms with Gasteiger partial charge in [-0.05, 0) is 24.6 Å².